The average molecular weight is 369 g/mol. The molecule has 3 aromatic rings. The molecular weight excluding hydrogens is 355 g/mol. The summed E-state index contributed by atoms with van der Waals surface area (Å²) in [5.74, 6) is 1.34. The first-order valence-electron chi connectivity index (χ1n) is 7.91. The van der Waals surface area contributed by atoms with Crippen LogP contribution in [0.15, 0.2) is 54.6 Å². The zero-order valence-electron chi connectivity index (χ0n) is 14.2. The highest BCUT2D eigenvalue weighted by Crippen LogP contribution is 2.30. The van der Waals surface area contributed by atoms with E-state index in [0.29, 0.717) is 34.4 Å². The zero-order valence-corrected chi connectivity index (χ0v) is 14.2. The van der Waals surface area contributed by atoms with Crippen LogP contribution in [0.5, 0.6) is 0 Å². The molecule has 1 aromatic heterocycles. The Morgan fingerprint density at radius 3 is 2.19 bits per heavy atom. The summed E-state index contributed by atoms with van der Waals surface area (Å²) in [6.07, 6.45) is -4.38. The minimum Gasteiger partial charge on any atom is -0.340 e. The second-order valence-corrected chi connectivity index (χ2v) is 5.67. The molecule has 27 heavy (non-hydrogen) atoms. The Bertz CT molecular complexity index is 991. The maximum Gasteiger partial charge on any atom is 0.416 e. The quantitative estimate of drug-likeness (QED) is 0.664. The third-order valence-electron chi connectivity index (χ3n) is 3.63. The van der Waals surface area contributed by atoms with Crippen molar-refractivity contribution < 1.29 is 13.2 Å². The number of rotatable bonds is 4. The summed E-state index contributed by atoms with van der Waals surface area (Å²) < 4.78 is 37.9. The number of hydrogen-bond acceptors (Lipinski definition) is 5. The predicted molar refractivity (Wildman–Crippen MR) is 95.9 cm³/mol. The monoisotopic (exact) mass is 369 g/mol. The summed E-state index contributed by atoms with van der Waals surface area (Å²) in [5, 5.41) is 15.2. The highest BCUT2D eigenvalue weighted by Gasteiger charge is 2.29. The maximum absolute atomic E-state index is 12.6. The van der Waals surface area contributed by atoms with E-state index in [1.165, 1.54) is 12.1 Å². The van der Waals surface area contributed by atoms with Crippen LogP contribution in [-0.2, 0) is 6.18 Å². The van der Waals surface area contributed by atoms with Gasteiger partial charge in [0.25, 0.3) is 0 Å². The fourth-order valence-corrected chi connectivity index (χ4v) is 2.41. The molecular formula is C19H14F3N5. The van der Waals surface area contributed by atoms with Gasteiger partial charge in [-0.05, 0) is 43.3 Å². The van der Waals surface area contributed by atoms with Crippen LogP contribution in [-0.4, -0.2) is 9.97 Å². The van der Waals surface area contributed by atoms with Gasteiger partial charge in [-0.25, -0.2) is 9.97 Å². The van der Waals surface area contributed by atoms with Crippen molar-refractivity contribution in [1.29, 1.82) is 5.26 Å². The predicted octanol–water partition coefficient (Wildman–Crippen LogP) is 5.16. The number of anilines is 4. The van der Waals surface area contributed by atoms with E-state index >= 15 is 0 Å². The van der Waals surface area contributed by atoms with E-state index in [9.17, 15) is 13.2 Å². The van der Waals surface area contributed by atoms with Crippen LogP contribution in [0, 0.1) is 18.3 Å². The first kappa shape index (κ1) is 18.2. The van der Waals surface area contributed by atoms with Gasteiger partial charge in [0.15, 0.2) is 0 Å². The Kier molecular flexibility index (Phi) is 4.94. The van der Waals surface area contributed by atoms with Crippen LogP contribution in [0.25, 0.3) is 0 Å². The number of nitriles is 1. The van der Waals surface area contributed by atoms with Gasteiger partial charge in [0, 0.05) is 11.8 Å². The normalized spacial score (nSPS) is 10.9. The van der Waals surface area contributed by atoms with E-state index in [0.717, 1.165) is 12.1 Å². The summed E-state index contributed by atoms with van der Waals surface area (Å²) in [6, 6.07) is 15.3. The summed E-state index contributed by atoms with van der Waals surface area (Å²) >= 11 is 0. The van der Waals surface area contributed by atoms with Crippen LogP contribution in [0.1, 0.15) is 17.0 Å². The second-order valence-electron chi connectivity index (χ2n) is 5.67. The van der Waals surface area contributed by atoms with E-state index in [4.69, 9.17) is 5.26 Å². The van der Waals surface area contributed by atoms with Gasteiger partial charge in [0.1, 0.15) is 23.5 Å². The van der Waals surface area contributed by atoms with Crippen molar-refractivity contribution in [2.24, 2.45) is 0 Å². The number of nitrogens with zero attached hydrogens (tertiary/aromatic N) is 3. The molecule has 2 aromatic carbocycles. The maximum atomic E-state index is 12.6. The number of alkyl halides is 3. The molecule has 0 unspecified atom stereocenters. The van der Waals surface area contributed by atoms with Gasteiger partial charge in [-0.2, -0.15) is 18.4 Å². The second kappa shape index (κ2) is 7.33. The largest absolute Gasteiger partial charge is 0.416 e. The van der Waals surface area contributed by atoms with Gasteiger partial charge in [-0.3, -0.25) is 0 Å². The molecule has 0 saturated heterocycles. The molecule has 0 spiro atoms. The highest BCUT2D eigenvalue weighted by molar-refractivity contribution is 5.67. The lowest BCUT2D eigenvalue weighted by atomic mass is 10.2. The molecule has 0 aliphatic carbocycles. The van der Waals surface area contributed by atoms with Crippen molar-refractivity contribution in [1.82, 2.24) is 9.97 Å². The number of aromatic nitrogens is 2. The van der Waals surface area contributed by atoms with Crippen LogP contribution in [0.3, 0.4) is 0 Å². The Balaban J connectivity index is 1.82. The number of halogens is 3. The Morgan fingerprint density at radius 2 is 1.56 bits per heavy atom. The first-order valence-corrected chi connectivity index (χ1v) is 7.91. The SMILES string of the molecule is Cc1nc(Nc2ccc(C(F)(F)F)cc2)cc(Nc2ccccc2C#N)n1. The van der Waals surface area contributed by atoms with E-state index in [-0.39, 0.29) is 0 Å². The smallest absolute Gasteiger partial charge is 0.340 e. The van der Waals surface area contributed by atoms with Gasteiger partial charge in [-0.1, -0.05) is 12.1 Å². The van der Waals surface area contributed by atoms with E-state index < -0.39 is 11.7 Å². The van der Waals surface area contributed by atoms with Crippen molar-refractivity contribution in [3.8, 4) is 6.07 Å². The number of para-hydroxylation sites is 1. The summed E-state index contributed by atoms with van der Waals surface area (Å²) in [4.78, 5) is 8.51. The van der Waals surface area contributed by atoms with Gasteiger partial charge >= 0.3 is 6.18 Å². The molecule has 136 valence electrons. The number of nitrogens with one attached hydrogen (secondary N) is 2. The fraction of sp³-hybridized carbons (Fsp3) is 0.105. The third-order valence-corrected chi connectivity index (χ3v) is 3.63. The van der Waals surface area contributed by atoms with Crippen LogP contribution < -0.4 is 10.6 Å². The van der Waals surface area contributed by atoms with E-state index in [1.807, 2.05) is 0 Å². The van der Waals surface area contributed by atoms with E-state index in [1.54, 1.807) is 37.3 Å². The lowest BCUT2D eigenvalue weighted by molar-refractivity contribution is -0.137. The molecule has 0 fully saturated rings. The number of benzene rings is 2. The molecule has 0 atom stereocenters. The number of aryl methyl sites for hydroxylation is 1. The molecule has 0 aliphatic heterocycles. The van der Waals surface area contributed by atoms with Crippen molar-refractivity contribution in [3.63, 3.8) is 0 Å². The Labute approximate surface area is 153 Å². The van der Waals surface area contributed by atoms with Crippen LogP contribution in [0.2, 0.25) is 0 Å². The van der Waals surface area contributed by atoms with Crippen molar-refractivity contribution in [2.45, 2.75) is 13.1 Å². The van der Waals surface area contributed by atoms with E-state index in [2.05, 4.69) is 26.7 Å². The fourth-order valence-electron chi connectivity index (χ4n) is 2.41. The van der Waals surface area contributed by atoms with Crippen molar-refractivity contribution in [2.75, 3.05) is 10.6 Å². The summed E-state index contributed by atoms with van der Waals surface area (Å²) in [5.41, 5.74) is 0.802. The first-order chi connectivity index (χ1) is 12.8. The van der Waals surface area contributed by atoms with Gasteiger partial charge in [0.2, 0.25) is 0 Å². The average Bonchev–Trinajstić information content (AvgIpc) is 2.61. The molecule has 0 aliphatic rings. The Hall–Kier alpha value is -3.60. The zero-order chi connectivity index (χ0) is 19.4. The molecule has 0 bridgehead atoms. The standard InChI is InChI=1S/C19H14F3N5/c1-12-24-17(26-15-8-6-14(7-9-15)19(20,21)22)10-18(25-12)27-16-5-3-2-4-13(16)11-23/h2-10H,1H3,(H2,24,25,26,27). The van der Waals surface area contributed by atoms with Gasteiger partial charge in [0.05, 0.1) is 16.8 Å². The van der Waals surface area contributed by atoms with Gasteiger partial charge < -0.3 is 10.6 Å². The van der Waals surface area contributed by atoms with Crippen molar-refractivity contribution in [3.05, 3.63) is 71.5 Å². The third kappa shape index (κ3) is 4.52. The minimum absolute atomic E-state index is 0.416. The van der Waals surface area contributed by atoms with Gasteiger partial charge in [-0.15, -0.1) is 0 Å². The molecule has 0 amide bonds. The molecule has 3 rings (SSSR count). The van der Waals surface area contributed by atoms with Crippen LogP contribution >= 0.6 is 0 Å². The lowest BCUT2D eigenvalue weighted by Gasteiger charge is -2.12. The molecule has 2 N–H and O–H groups in total. The molecule has 0 radical (unpaired) electrons. The van der Waals surface area contributed by atoms with Crippen LogP contribution in [0.4, 0.5) is 36.2 Å². The molecule has 1 heterocycles. The lowest BCUT2D eigenvalue weighted by Crippen LogP contribution is -2.05. The Morgan fingerprint density at radius 1 is 0.926 bits per heavy atom. The summed E-state index contributed by atoms with van der Waals surface area (Å²) in [7, 11) is 0. The molecule has 0 saturated carbocycles. The highest BCUT2D eigenvalue weighted by atomic mass is 19.4. The minimum atomic E-state index is -4.38. The molecule has 5 nitrogen and oxygen atoms in total. The van der Waals surface area contributed by atoms with Crippen molar-refractivity contribution >= 4 is 23.0 Å². The summed E-state index contributed by atoms with van der Waals surface area (Å²) in [6.45, 7) is 1.69. The topological polar surface area (TPSA) is 73.6 Å². The molecule has 8 heteroatoms. The number of hydrogen-bond donors (Lipinski definition) is 2.